The highest BCUT2D eigenvalue weighted by Gasteiger charge is 2.18. The summed E-state index contributed by atoms with van der Waals surface area (Å²) in [5.74, 6) is -0.521. The molecule has 0 saturated heterocycles. The van der Waals surface area contributed by atoms with Crippen LogP contribution in [0.25, 0.3) is 0 Å². The lowest BCUT2D eigenvalue weighted by Crippen LogP contribution is -2.32. The van der Waals surface area contributed by atoms with Crippen LogP contribution in [0.3, 0.4) is 0 Å². The molecule has 0 bridgehead atoms. The molecule has 1 aromatic carbocycles. The van der Waals surface area contributed by atoms with Gasteiger partial charge in [0.2, 0.25) is 0 Å². The van der Waals surface area contributed by atoms with Crippen LogP contribution in [0.15, 0.2) is 73.1 Å². The summed E-state index contributed by atoms with van der Waals surface area (Å²) in [6.45, 7) is 3.34. The van der Waals surface area contributed by atoms with Gasteiger partial charge in [-0.1, -0.05) is 36.4 Å². The molecular weight excluding hydrogens is 352 g/mol. The second kappa shape index (κ2) is 9.41. The first-order valence-corrected chi connectivity index (χ1v) is 9.14. The van der Waals surface area contributed by atoms with E-state index in [-0.39, 0.29) is 23.2 Å². The lowest BCUT2D eigenvalue weighted by Gasteiger charge is -2.20. The zero-order chi connectivity index (χ0) is 19.8. The molecule has 2 aromatic heterocycles. The summed E-state index contributed by atoms with van der Waals surface area (Å²) in [5.41, 5.74) is 2.46. The fourth-order valence-corrected chi connectivity index (χ4v) is 2.75. The average Bonchev–Trinajstić information content (AvgIpc) is 2.77. The van der Waals surface area contributed by atoms with E-state index in [1.165, 1.54) is 0 Å². The Hall–Kier alpha value is -3.54. The smallest absolute Gasteiger partial charge is 0.272 e. The molecule has 2 amide bonds. The number of nitrogens with zero attached hydrogens (tertiary/aromatic N) is 3. The third kappa shape index (κ3) is 5.01. The van der Waals surface area contributed by atoms with Crippen molar-refractivity contribution in [2.75, 3.05) is 6.54 Å². The lowest BCUT2D eigenvalue weighted by atomic mass is 10.2. The summed E-state index contributed by atoms with van der Waals surface area (Å²) in [5, 5.41) is 2.81. The molecule has 142 valence electrons. The molecule has 3 rings (SSSR count). The van der Waals surface area contributed by atoms with Gasteiger partial charge >= 0.3 is 0 Å². The van der Waals surface area contributed by atoms with Gasteiger partial charge in [-0.25, -0.2) is 4.98 Å². The number of benzene rings is 1. The van der Waals surface area contributed by atoms with Crippen LogP contribution in [0.2, 0.25) is 0 Å². The largest absolute Gasteiger partial charge is 0.347 e. The van der Waals surface area contributed by atoms with Crippen molar-refractivity contribution in [1.29, 1.82) is 0 Å². The summed E-state index contributed by atoms with van der Waals surface area (Å²) in [4.78, 5) is 35.2. The van der Waals surface area contributed by atoms with Gasteiger partial charge in [-0.2, -0.15) is 0 Å². The third-order valence-electron chi connectivity index (χ3n) is 4.29. The number of aromatic nitrogens is 2. The predicted octanol–water partition coefficient (Wildman–Crippen LogP) is 3.07. The molecule has 2 heterocycles. The second-order valence-electron chi connectivity index (χ2n) is 6.25. The van der Waals surface area contributed by atoms with E-state index in [1.807, 2.05) is 49.4 Å². The molecule has 0 saturated carbocycles. The molecule has 0 spiro atoms. The second-order valence-corrected chi connectivity index (χ2v) is 6.25. The van der Waals surface area contributed by atoms with Gasteiger partial charge in [0.25, 0.3) is 11.8 Å². The van der Waals surface area contributed by atoms with Crippen LogP contribution in [0, 0.1) is 0 Å². The van der Waals surface area contributed by atoms with Crippen LogP contribution < -0.4 is 5.32 Å². The molecule has 0 fully saturated rings. The maximum absolute atomic E-state index is 12.9. The van der Waals surface area contributed by atoms with E-state index in [1.54, 1.807) is 35.5 Å². The zero-order valence-electron chi connectivity index (χ0n) is 15.7. The topological polar surface area (TPSA) is 75.2 Å². The van der Waals surface area contributed by atoms with E-state index >= 15 is 0 Å². The van der Waals surface area contributed by atoms with Gasteiger partial charge in [0.1, 0.15) is 11.4 Å². The Morgan fingerprint density at radius 2 is 1.61 bits per heavy atom. The highest BCUT2D eigenvalue weighted by atomic mass is 16.2. The number of hydrogen-bond donors (Lipinski definition) is 1. The molecule has 3 aromatic rings. The number of pyridine rings is 2. The van der Waals surface area contributed by atoms with Crippen LogP contribution in [-0.4, -0.2) is 33.2 Å². The molecular formula is C22H22N4O2. The minimum absolute atomic E-state index is 0.199. The van der Waals surface area contributed by atoms with E-state index in [4.69, 9.17) is 0 Å². The normalized spacial score (nSPS) is 10.3. The van der Waals surface area contributed by atoms with Crippen molar-refractivity contribution in [3.63, 3.8) is 0 Å². The van der Waals surface area contributed by atoms with Crippen molar-refractivity contribution in [2.45, 2.75) is 20.0 Å². The van der Waals surface area contributed by atoms with Crippen molar-refractivity contribution >= 4 is 11.8 Å². The Balaban J connectivity index is 1.68. The van der Waals surface area contributed by atoms with Gasteiger partial charge in [-0.15, -0.1) is 0 Å². The van der Waals surface area contributed by atoms with Gasteiger partial charge in [-0.05, 0) is 42.3 Å². The molecule has 0 unspecified atom stereocenters. The summed E-state index contributed by atoms with van der Waals surface area (Å²) in [7, 11) is 0. The van der Waals surface area contributed by atoms with Crippen molar-refractivity contribution in [3.05, 3.63) is 95.6 Å². The van der Waals surface area contributed by atoms with Crippen LogP contribution in [0.4, 0.5) is 0 Å². The maximum Gasteiger partial charge on any atom is 0.272 e. The van der Waals surface area contributed by atoms with Crippen molar-refractivity contribution in [1.82, 2.24) is 20.2 Å². The zero-order valence-corrected chi connectivity index (χ0v) is 15.7. The van der Waals surface area contributed by atoms with Crippen molar-refractivity contribution < 1.29 is 9.59 Å². The fourth-order valence-electron chi connectivity index (χ4n) is 2.75. The molecule has 6 nitrogen and oxygen atoms in total. The SMILES string of the molecule is CCN(Cc1ccccc1)C(=O)c1cccc(C(=O)NCc2ccncc2)n1. The quantitative estimate of drug-likeness (QED) is 0.690. The van der Waals surface area contributed by atoms with E-state index in [0.29, 0.717) is 19.6 Å². The molecule has 0 aliphatic heterocycles. The molecule has 0 radical (unpaired) electrons. The minimum atomic E-state index is -0.322. The summed E-state index contributed by atoms with van der Waals surface area (Å²) < 4.78 is 0. The van der Waals surface area contributed by atoms with Crippen molar-refractivity contribution in [2.24, 2.45) is 0 Å². The third-order valence-corrected chi connectivity index (χ3v) is 4.29. The van der Waals surface area contributed by atoms with Gasteiger partial charge in [0, 0.05) is 32.0 Å². The first-order valence-electron chi connectivity index (χ1n) is 9.14. The van der Waals surface area contributed by atoms with Crippen molar-refractivity contribution in [3.8, 4) is 0 Å². The summed E-state index contributed by atoms with van der Waals surface area (Å²) in [6.07, 6.45) is 3.34. The highest BCUT2D eigenvalue weighted by Crippen LogP contribution is 2.10. The molecule has 0 aliphatic rings. The number of rotatable bonds is 7. The summed E-state index contributed by atoms with van der Waals surface area (Å²) >= 11 is 0. The Kier molecular flexibility index (Phi) is 6.46. The fraction of sp³-hybridized carbons (Fsp3) is 0.182. The first-order chi connectivity index (χ1) is 13.7. The predicted molar refractivity (Wildman–Crippen MR) is 107 cm³/mol. The number of hydrogen-bond acceptors (Lipinski definition) is 4. The Morgan fingerprint density at radius 1 is 0.893 bits per heavy atom. The Morgan fingerprint density at radius 3 is 2.32 bits per heavy atom. The van der Waals surface area contributed by atoms with Crippen LogP contribution >= 0.6 is 0 Å². The van der Waals surface area contributed by atoms with Crippen LogP contribution in [0.5, 0.6) is 0 Å². The van der Waals surface area contributed by atoms with E-state index in [9.17, 15) is 9.59 Å². The molecule has 6 heteroatoms. The monoisotopic (exact) mass is 374 g/mol. The highest BCUT2D eigenvalue weighted by molar-refractivity contribution is 5.96. The van der Waals surface area contributed by atoms with E-state index < -0.39 is 0 Å². The Labute approximate surface area is 164 Å². The standard InChI is InChI=1S/C22H22N4O2/c1-2-26(16-18-7-4-3-5-8-18)22(28)20-10-6-9-19(25-20)21(27)24-15-17-11-13-23-14-12-17/h3-14H,2,15-16H2,1H3,(H,24,27). The average molecular weight is 374 g/mol. The number of amides is 2. The number of carbonyl (C=O) groups excluding carboxylic acids is 2. The van der Waals surface area contributed by atoms with E-state index in [0.717, 1.165) is 11.1 Å². The Bertz CT molecular complexity index is 930. The number of nitrogens with one attached hydrogen (secondary N) is 1. The van der Waals surface area contributed by atoms with Gasteiger partial charge in [0.05, 0.1) is 0 Å². The van der Waals surface area contributed by atoms with Gasteiger partial charge < -0.3 is 10.2 Å². The lowest BCUT2D eigenvalue weighted by molar-refractivity contribution is 0.0746. The minimum Gasteiger partial charge on any atom is -0.347 e. The maximum atomic E-state index is 12.9. The molecule has 28 heavy (non-hydrogen) atoms. The molecule has 0 aliphatic carbocycles. The van der Waals surface area contributed by atoms with Crippen LogP contribution in [-0.2, 0) is 13.1 Å². The number of carbonyl (C=O) groups is 2. The first kappa shape index (κ1) is 19.2. The van der Waals surface area contributed by atoms with Crippen LogP contribution in [0.1, 0.15) is 39.0 Å². The summed E-state index contributed by atoms with van der Waals surface area (Å²) in [6, 6.07) is 18.4. The molecule has 1 N–H and O–H groups in total. The van der Waals surface area contributed by atoms with Gasteiger partial charge in [0.15, 0.2) is 0 Å². The molecule has 0 atom stereocenters. The van der Waals surface area contributed by atoms with Gasteiger partial charge in [-0.3, -0.25) is 14.6 Å². The van der Waals surface area contributed by atoms with E-state index in [2.05, 4.69) is 15.3 Å².